The first kappa shape index (κ1) is 13.7. The number of nitrogens with two attached hydrogens (primary N) is 1. The van der Waals surface area contributed by atoms with E-state index in [4.69, 9.17) is 10.6 Å². The predicted octanol–water partition coefficient (Wildman–Crippen LogP) is 1.29. The number of rotatable bonds is 6. The molecule has 0 amide bonds. The largest absolute Gasteiger partial charge is 0.377 e. The van der Waals surface area contributed by atoms with Gasteiger partial charge in [-0.15, -0.1) is 11.3 Å². The van der Waals surface area contributed by atoms with Crippen molar-refractivity contribution in [1.82, 2.24) is 15.0 Å². The topological polar surface area (TPSA) is 98.0 Å². The van der Waals surface area contributed by atoms with Crippen LogP contribution in [0.25, 0.3) is 0 Å². The number of aryl methyl sites for hydroxylation is 1. The van der Waals surface area contributed by atoms with E-state index in [1.807, 2.05) is 13.1 Å². The van der Waals surface area contributed by atoms with Crippen LogP contribution in [-0.2, 0) is 17.9 Å². The number of thiazole rings is 1. The lowest BCUT2D eigenvalue weighted by Gasteiger charge is -2.08. The maximum absolute atomic E-state index is 5.38. The zero-order valence-electron chi connectivity index (χ0n) is 10.8. The van der Waals surface area contributed by atoms with Crippen molar-refractivity contribution in [2.75, 3.05) is 17.9 Å². The maximum Gasteiger partial charge on any atom is 0.158 e. The fourth-order valence-electron chi connectivity index (χ4n) is 1.52. The number of anilines is 2. The summed E-state index contributed by atoms with van der Waals surface area (Å²) in [5, 5.41) is 4.26. The molecule has 0 saturated carbocycles. The summed E-state index contributed by atoms with van der Waals surface area (Å²) in [5.74, 6) is 7.19. The van der Waals surface area contributed by atoms with Gasteiger partial charge in [0.05, 0.1) is 11.6 Å². The predicted molar refractivity (Wildman–Crippen MR) is 74.7 cm³/mol. The van der Waals surface area contributed by atoms with Crippen molar-refractivity contribution in [3.05, 3.63) is 28.0 Å². The van der Waals surface area contributed by atoms with E-state index in [2.05, 4.69) is 25.7 Å². The van der Waals surface area contributed by atoms with Gasteiger partial charge in [0.25, 0.3) is 0 Å². The van der Waals surface area contributed by atoms with Gasteiger partial charge in [-0.05, 0) is 6.92 Å². The molecule has 0 radical (unpaired) electrons. The van der Waals surface area contributed by atoms with Crippen LogP contribution in [0, 0.1) is 6.92 Å². The van der Waals surface area contributed by atoms with Gasteiger partial charge in [0, 0.05) is 24.3 Å². The quantitative estimate of drug-likeness (QED) is 0.541. The SMILES string of the molecule is COCc1nc(NN)cc(NCc2cnc(C)s2)n1. The Balaban J connectivity index is 2.08. The molecular formula is C11H16N6OS. The van der Waals surface area contributed by atoms with E-state index in [1.165, 1.54) is 0 Å². The number of nitrogens with zero attached hydrogens (tertiary/aromatic N) is 3. The first-order chi connectivity index (χ1) is 9.21. The zero-order chi connectivity index (χ0) is 13.7. The number of hydrogen-bond donors (Lipinski definition) is 3. The molecule has 0 aromatic carbocycles. The molecule has 0 unspecified atom stereocenters. The molecule has 0 spiro atoms. The smallest absolute Gasteiger partial charge is 0.158 e. The van der Waals surface area contributed by atoms with Crippen molar-refractivity contribution in [3.8, 4) is 0 Å². The third kappa shape index (κ3) is 3.85. The first-order valence-electron chi connectivity index (χ1n) is 5.70. The van der Waals surface area contributed by atoms with Crippen LogP contribution >= 0.6 is 11.3 Å². The normalized spacial score (nSPS) is 10.5. The highest BCUT2D eigenvalue weighted by Gasteiger charge is 2.05. The van der Waals surface area contributed by atoms with Crippen LogP contribution < -0.4 is 16.6 Å². The zero-order valence-corrected chi connectivity index (χ0v) is 11.6. The van der Waals surface area contributed by atoms with Crippen LogP contribution in [0.15, 0.2) is 12.3 Å². The van der Waals surface area contributed by atoms with Crippen molar-refractivity contribution in [2.45, 2.75) is 20.1 Å². The Hall–Kier alpha value is -1.77. The molecule has 4 N–H and O–H groups in total. The van der Waals surface area contributed by atoms with Gasteiger partial charge in [0.2, 0.25) is 0 Å². The summed E-state index contributed by atoms with van der Waals surface area (Å²) in [6.45, 7) is 2.98. The number of aromatic nitrogens is 3. The highest BCUT2D eigenvalue weighted by Crippen LogP contribution is 2.15. The summed E-state index contributed by atoms with van der Waals surface area (Å²) < 4.78 is 5.02. The molecule has 0 saturated heterocycles. The summed E-state index contributed by atoms with van der Waals surface area (Å²) in [6, 6.07) is 1.74. The van der Waals surface area contributed by atoms with Crippen molar-refractivity contribution < 1.29 is 4.74 Å². The minimum atomic E-state index is 0.337. The first-order valence-corrected chi connectivity index (χ1v) is 6.51. The minimum absolute atomic E-state index is 0.337. The number of hydrogen-bond acceptors (Lipinski definition) is 8. The van der Waals surface area contributed by atoms with Crippen molar-refractivity contribution in [2.24, 2.45) is 5.84 Å². The molecule has 0 bridgehead atoms. The van der Waals surface area contributed by atoms with Crippen molar-refractivity contribution in [3.63, 3.8) is 0 Å². The molecule has 0 aliphatic rings. The highest BCUT2D eigenvalue weighted by molar-refractivity contribution is 7.11. The monoisotopic (exact) mass is 280 g/mol. The van der Waals surface area contributed by atoms with Crippen LogP contribution in [-0.4, -0.2) is 22.1 Å². The second kappa shape index (κ2) is 6.41. The lowest BCUT2D eigenvalue weighted by atomic mass is 10.4. The number of methoxy groups -OCH3 is 1. The van der Waals surface area contributed by atoms with Gasteiger partial charge < -0.3 is 15.5 Å². The molecule has 0 atom stereocenters. The van der Waals surface area contributed by atoms with E-state index in [1.54, 1.807) is 24.5 Å². The van der Waals surface area contributed by atoms with Gasteiger partial charge in [-0.25, -0.2) is 20.8 Å². The standard InChI is InChI=1S/C11H16N6OS/c1-7-13-4-8(19-7)5-14-9-3-10(17-12)16-11(15-9)6-18-2/h3-4H,5-6,12H2,1-2H3,(H2,14,15,16,17). The fourth-order valence-corrected chi connectivity index (χ4v) is 2.25. The van der Waals surface area contributed by atoms with E-state index < -0.39 is 0 Å². The molecule has 2 heterocycles. The van der Waals surface area contributed by atoms with E-state index in [0.29, 0.717) is 30.6 Å². The third-order valence-corrected chi connectivity index (χ3v) is 3.22. The molecule has 2 aromatic heterocycles. The molecule has 2 aromatic rings. The fraction of sp³-hybridized carbons (Fsp3) is 0.364. The molecule has 0 aliphatic carbocycles. The van der Waals surface area contributed by atoms with Gasteiger partial charge >= 0.3 is 0 Å². The number of ether oxygens (including phenoxy) is 1. The van der Waals surface area contributed by atoms with Gasteiger partial charge in [-0.2, -0.15) is 0 Å². The summed E-state index contributed by atoms with van der Waals surface area (Å²) in [5.41, 5.74) is 2.51. The lowest BCUT2D eigenvalue weighted by molar-refractivity contribution is 0.178. The van der Waals surface area contributed by atoms with Crippen LogP contribution in [0.3, 0.4) is 0 Å². The number of nitrogens with one attached hydrogen (secondary N) is 2. The second-order valence-electron chi connectivity index (χ2n) is 3.83. The van der Waals surface area contributed by atoms with Gasteiger partial charge in [-0.1, -0.05) is 0 Å². The van der Waals surface area contributed by atoms with E-state index in [9.17, 15) is 0 Å². The maximum atomic E-state index is 5.38. The number of nitrogen functional groups attached to an aromatic ring is 1. The van der Waals surface area contributed by atoms with Crippen LogP contribution in [0.1, 0.15) is 15.7 Å². The van der Waals surface area contributed by atoms with Crippen LogP contribution in [0.5, 0.6) is 0 Å². The van der Waals surface area contributed by atoms with Gasteiger partial charge in [0.1, 0.15) is 18.2 Å². The van der Waals surface area contributed by atoms with E-state index >= 15 is 0 Å². The molecule has 8 heteroatoms. The molecule has 0 fully saturated rings. The Morgan fingerprint density at radius 2 is 2.16 bits per heavy atom. The van der Waals surface area contributed by atoms with Crippen molar-refractivity contribution >= 4 is 23.0 Å². The highest BCUT2D eigenvalue weighted by atomic mass is 32.1. The molecule has 2 rings (SSSR count). The molecule has 102 valence electrons. The molecule has 7 nitrogen and oxygen atoms in total. The Bertz CT molecular complexity index is 544. The average Bonchev–Trinajstić information content (AvgIpc) is 2.82. The Morgan fingerprint density at radius 1 is 1.37 bits per heavy atom. The lowest BCUT2D eigenvalue weighted by Crippen LogP contribution is -2.12. The Labute approximate surface area is 115 Å². The third-order valence-electron chi connectivity index (χ3n) is 2.31. The van der Waals surface area contributed by atoms with Crippen molar-refractivity contribution in [1.29, 1.82) is 0 Å². The van der Waals surface area contributed by atoms with Gasteiger partial charge in [0.15, 0.2) is 5.82 Å². The summed E-state index contributed by atoms with van der Waals surface area (Å²) in [4.78, 5) is 13.9. The Kier molecular flexibility index (Phi) is 4.61. The Morgan fingerprint density at radius 3 is 2.79 bits per heavy atom. The average molecular weight is 280 g/mol. The molecular weight excluding hydrogens is 264 g/mol. The van der Waals surface area contributed by atoms with Crippen LogP contribution in [0.4, 0.5) is 11.6 Å². The van der Waals surface area contributed by atoms with Crippen LogP contribution in [0.2, 0.25) is 0 Å². The second-order valence-corrected chi connectivity index (χ2v) is 5.15. The number of hydrazine groups is 1. The van der Waals surface area contributed by atoms with E-state index in [0.717, 1.165) is 9.88 Å². The summed E-state index contributed by atoms with van der Waals surface area (Å²) in [7, 11) is 1.60. The molecule has 0 aliphatic heterocycles. The minimum Gasteiger partial charge on any atom is -0.377 e. The van der Waals surface area contributed by atoms with E-state index in [-0.39, 0.29) is 0 Å². The summed E-state index contributed by atoms with van der Waals surface area (Å²) in [6.07, 6.45) is 1.85. The van der Waals surface area contributed by atoms with Gasteiger partial charge in [-0.3, -0.25) is 0 Å². The summed E-state index contributed by atoms with van der Waals surface area (Å²) >= 11 is 1.65. The molecule has 19 heavy (non-hydrogen) atoms.